The molecule has 1 aromatic heterocycles. The Hall–Kier alpha value is -2.36. The summed E-state index contributed by atoms with van der Waals surface area (Å²) in [7, 11) is 0. The number of ether oxygens (including phenoxy) is 1. The molecule has 1 aliphatic carbocycles. The highest BCUT2D eigenvalue weighted by atomic mass is 16.5. The summed E-state index contributed by atoms with van der Waals surface area (Å²) in [5.41, 5.74) is 1.63. The van der Waals surface area contributed by atoms with Crippen LogP contribution < -0.4 is 10.1 Å². The molecule has 1 aromatic carbocycles. The number of hydrogen-bond donors (Lipinski definition) is 1. The van der Waals surface area contributed by atoms with E-state index in [1.54, 1.807) is 12.4 Å². The van der Waals surface area contributed by atoms with E-state index in [1.165, 1.54) is 12.8 Å². The molecule has 0 spiro atoms. The molecule has 4 nitrogen and oxygen atoms in total. The molecule has 1 saturated carbocycles. The Bertz CT molecular complexity index is 622. The van der Waals surface area contributed by atoms with Crippen LogP contribution in [0.4, 0.5) is 0 Å². The van der Waals surface area contributed by atoms with Gasteiger partial charge in [0.2, 0.25) is 0 Å². The molecule has 0 aliphatic heterocycles. The molecule has 2 aromatic rings. The summed E-state index contributed by atoms with van der Waals surface area (Å²) in [4.78, 5) is 16.4. The lowest BCUT2D eigenvalue weighted by atomic mass is 10.1. The van der Waals surface area contributed by atoms with Crippen LogP contribution in [0, 0.1) is 0 Å². The standard InChI is InChI=1S/C18H20N2O2/c21-18(20-15-5-1-2-6-15)16-7-3-4-8-17(16)22-13-14-9-11-19-12-10-14/h3-4,7-12,15H,1-2,5-6,13H2,(H,20,21). The van der Waals surface area contributed by atoms with Gasteiger partial charge in [-0.15, -0.1) is 0 Å². The minimum absolute atomic E-state index is 0.0442. The van der Waals surface area contributed by atoms with Crippen molar-refractivity contribution in [2.24, 2.45) is 0 Å². The van der Waals surface area contributed by atoms with Crippen LogP contribution in [0.25, 0.3) is 0 Å². The second-order valence-electron chi connectivity index (χ2n) is 5.60. The first-order valence-corrected chi connectivity index (χ1v) is 7.74. The van der Waals surface area contributed by atoms with Gasteiger partial charge in [0.15, 0.2) is 0 Å². The third kappa shape index (κ3) is 3.64. The molecule has 3 rings (SSSR count). The quantitative estimate of drug-likeness (QED) is 0.920. The van der Waals surface area contributed by atoms with Gasteiger partial charge in [0.1, 0.15) is 12.4 Å². The van der Waals surface area contributed by atoms with Crippen LogP contribution >= 0.6 is 0 Å². The molecule has 1 amide bonds. The third-order valence-corrected chi connectivity index (χ3v) is 3.97. The van der Waals surface area contributed by atoms with Gasteiger partial charge in [-0.05, 0) is 42.7 Å². The summed E-state index contributed by atoms with van der Waals surface area (Å²) in [6.45, 7) is 0.427. The molecule has 114 valence electrons. The Morgan fingerprint density at radius 2 is 1.86 bits per heavy atom. The lowest BCUT2D eigenvalue weighted by Gasteiger charge is -2.15. The minimum Gasteiger partial charge on any atom is -0.488 e. The second kappa shape index (κ2) is 7.07. The minimum atomic E-state index is -0.0442. The van der Waals surface area contributed by atoms with Crippen LogP contribution in [0.2, 0.25) is 0 Å². The largest absolute Gasteiger partial charge is 0.488 e. The molecule has 1 aliphatic rings. The normalized spacial score (nSPS) is 14.7. The van der Waals surface area contributed by atoms with Gasteiger partial charge in [-0.25, -0.2) is 0 Å². The van der Waals surface area contributed by atoms with Crippen molar-refractivity contribution in [3.05, 3.63) is 59.9 Å². The van der Waals surface area contributed by atoms with Gasteiger partial charge in [0, 0.05) is 18.4 Å². The lowest BCUT2D eigenvalue weighted by Crippen LogP contribution is -2.32. The van der Waals surface area contributed by atoms with Gasteiger partial charge in [-0.2, -0.15) is 0 Å². The number of carbonyl (C=O) groups is 1. The third-order valence-electron chi connectivity index (χ3n) is 3.97. The molecule has 0 radical (unpaired) electrons. The molecule has 0 atom stereocenters. The predicted molar refractivity (Wildman–Crippen MR) is 84.7 cm³/mol. The van der Waals surface area contributed by atoms with Gasteiger partial charge in [0.25, 0.3) is 5.91 Å². The van der Waals surface area contributed by atoms with Crippen molar-refractivity contribution in [1.82, 2.24) is 10.3 Å². The summed E-state index contributed by atoms with van der Waals surface area (Å²) in [5.74, 6) is 0.576. The fraction of sp³-hybridized carbons (Fsp3) is 0.333. The molecule has 1 fully saturated rings. The number of pyridine rings is 1. The summed E-state index contributed by atoms with van der Waals surface area (Å²) in [6.07, 6.45) is 8.02. The smallest absolute Gasteiger partial charge is 0.255 e. The monoisotopic (exact) mass is 296 g/mol. The number of nitrogens with zero attached hydrogens (tertiary/aromatic N) is 1. The van der Waals surface area contributed by atoms with Crippen LogP contribution in [0.5, 0.6) is 5.75 Å². The van der Waals surface area contributed by atoms with Crippen LogP contribution in [0.3, 0.4) is 0 Å². The Balaban J connectivity index is 1.67. The van der Waals surface area contributed by atoms with E-state index in [1.807, 2.05) is 36.4 Å². The molecular weight excluding hydrogens is 276 g/mol. The number of nitrogens with one attached hydrogen (secondary N) is 1. The molecule has 0 saturated heterocycles. The maximum Gasteiger partial charge on any atom is 0.255 e. The average molecular weight is 296 g/mol. The van der Waals surface area contributed by atoms with Gasteiger partial charge in [-0.3, -0.25) is 9.78 Å². The molecule has 4 heteroatoms. The van der Waals surface area contributed by atoms with Gasteiger partial charge in [0.05, 0.1) is 5.56 Å². The summed E-state index contributed by atoms with van der Waals surface area (Å²) in [6, 6.07) is 11.5. The average Bonchev–Trinajstić information content (AvgIpc) is 3.07. The molecule has 0 unspecified atom stereocenters. The van der Waals surface area contributed by atoms with Crippen molar-refractivity contribution in [3.63, 3.8) is 0 Å². The van der Waals surface area contributed by atoms with E-state index in [2.05, 4.69) is 10.3 Å². The summed E-state index contributed by atoms with van der Waals surface area (Å²) >= 11 is 0. The number of amides is 1. The fourth-order valence-corrected chi connectivity index (χ4v) is 2.75. The van der Waals surface area contributed by atoms with E-state index < -0.39 is 0 Å². The van der Waals surface area contributed by atoms with Crippen LogP contribution in [-0.2, 0) is 6.61 Å². The molecule has 1 N–H and O–H groups in total. The van der Waals surface area contributed by atoms with Gasteiger partial charge in [-0.1, -0.05) is 25.0 Å². The van der Waals surface area contributed by atoms with E-state index >= 15 is 0 Å². The zero-order valence-electron chi connectivity index (χ0n) is 12.5. The van der Waals surface area contributed by atoms with Crippen molar-refractivity contribution in [3.8, 4) is 5.75 Å². The van der Waals surface area contributed by atoms with E-state index in [0.29, 0.717) is 24.0 Å². The van der Waals surface area contributed by atoms with Crippen LogP contribution in [0.1, 0.15) is 41.6 Å². The highest BCUT2D eigenvalue weighted by Crippen LogP contribution is 2.22. The molecular formula is C18H20N2O2. The number of para-hydroxylation sites is 1. The molecule has 1 heterocycles. The fourth-order valence-electron chi connectivity index (χ4n) is 2.75. The first-order valence-electron chi connectivity index (χ1n) is 7.74. The van der Waals surface area contributed by atoms with Gasteiger partial charge >= 0.3 is 0 Å². The topological polar surface area (TPSA) is 51.2 Å². The van der Waals surface area contributed by atoms with Crippen molar-refractivity contribution in [2.45, 2.75) is 38.3 Å². The Morgan fingerprint density at radius 1 is 1.14 bits per heavy atom. The van der Waals surface area contributed by atoms with E-state index in [4.69, 9.17) is 4.74 Å². The summed E-state index contributed by atoms with van der Waals surface area (Å²) < 4.78 is 5.82. The molecule has 22 heavy (non-hydrogen) atoms. The number of carbonyl (C=O) groups excluding carboxylic acids is 1. The predicted octanol–water partition coefficient (Wildman–Crippen LogP) is 3.33. The van der Waals surface area contributed by atoms with Gasteiger partial charge < -0.3 is 10.1 Å². The Labute approximate surface area is 130 Å². The number of benzene rings is 1. The maximum atomic E-state index is 12.4. The first-order chi connectivity index (χ1) is 10.8. The zero-order valence-corrected chi connectivity index (χ0v) is 12.5. The SMILES string of the molecule is O=C(NC1CCCC1)c1ccccc1OCc1ccncc1. The highest BCUT2D eigenvalue weighted by molar-refractivity contribution is 5.97. The highest BCUT2D eigenvalue weighted by Gasteiger charge is 2.19. The Kier molecular flexibility index (Phi) is 4.68. The Morgan fingerprint density at radius 3 is 2.64 bits per heavy atom. The second-order valence-corrected chi connectivity index (χ2v) is 5.60. The van der Waals surface area contributed by atoms with Crippen LogP contribution in [-0.4, -0.2) is 16.9 Å². The van der Waals surface area contributed by atoms with Crippen molar-refractivity contribution in [1.29, 1.82) is 0 Å². The van der Waals surface area contributed by atoms with Crippen molar-refractivity contribution in [2.75, 3.05) is 0 Å². The van der Waals surface area contributed by atoms with Crippen LogP contribution in [0.15, 0.2) is 48.8 Å². The molecule has 0 bridgehead atoms. The van der Waals surface area contributed by atoms with E-state index in [0.717, 1.165) is 18.4 Å². The van der Waals surface area contributed by atoms with Crippen molar-refractivity contribution >= 4 is 5.91 Å². The maximum absolute atomic E-state index is 12.4. The first kappa shape index (κ1) is 14.6. The lowest BCUT2D eigenvalue weighted by molar-refractivity contribution is 0.0933. The number of rotatable bonds is 5. The van der Waals surface area contributed by atoms with E-state index in [-0.39, 0.29) is 5.91 Å². The van der Waals surface area contributed by atoms with Crippen molar-refractivity contribution < 1.29 is 9.53 Å². The van der Waals surface area contributed by atoms with E-state index in [9.17, 15) is 4.79 Å². The summed E-state index contributed by atoms with van der Waals surface area (Å²) in [5, 5.41) is 3.10. The number of hydrogen-bond acceptors (Lipinski definition) is 3. The zero-order chi connectivity index (χ0) is 15.2. The number of aromatic nitrogens is 1.